The number of hydrogen-bond acceptors (Lipinski definition) is 3. The molecule has 2 rings (SSSR count). The Bertz CT molecular complexity index is 566. The SMILES string of the molecule is C[C@@H]1CN(S(=O)(=O)c2ccc(Cl)c(Cl)c2)C[C@H](C)O1. The Kier molecular flexibility index (Phi) is 4.42. The summed E-state index contributed by atoms with van der Waals surface area (Å²) in [5, 5.41) is 0.571. The van der Waals surface area contributed by atoms with E-state index in [-0.39, 0.29) is 22.1 Å². The summed E-state index contributed by atoms with van der Waals surface area (Å²) in [4.78, 5) is 0.156. The normalized spacial score (nSPS) is 25.5. The van der Waals surface area contributed by atoms with Crippen LogP contribution in [0, 0.1) is 0 Å². The van der Waals surface area contributed by atoms with Gasteiger partial charge in [0.15, 0.2) is 0 Å². The predicted octanol–water partition coefficient (Wildman–Crippen LogP) is 2.79. The van der Waals surface area contributed by atoms with Crippen molar-refractivity contribution in [2.24, 2.45) is 0 Å². The van der Waals surface area contributed by atoms with Gasteiger partial charge >= 0.3 is 0 Å². The predicted molar refractivity (Wildman–Crippen MR) is 75.2 cm³/mol. The van der Waals surface area contributed by atoms with Crippen molar-refractivity contribution >= 4 is 33.2 Å². The van der Waals surface area contributed by atoms with Gasteiger partial charge in [0.25, 0.3) is 0 Å². The molecule has 7 heteroatoms. The number of hydrogen-bond donors (Lipinski definition) is 0. The molecule has 4 nitrogen and oxygen atoms in total. The standard InChI is InChI=1S/C12H15Cl2NO3S/c1-8-6-15(7-9(2)18-8)19(16,17)10-3-4-11(13)12(14)5-10/h3-5,8-9H,6-7H2,1-2H3/t8-,9+. The molecule has 1 aromatic carbocycles. The highest BCUT2D eigenvalue weighted by atomic mass is 35.5. The summed E-state index contributed by atoms with van der Waals surface area (Å²) in [6.07, 6.45) is -0.248. The Labute approximate surface area is 123 Å². The molecular weight excluding hydrogens is 309 g/mol. The number of morpholine rings is 1. The topological polar surface area (TPSA) is 46.6 Å². The van der Waals surface area contributed by atoms with E-state index in [9.17, 15) is 8.42 Å². The van der Waals surface area contributed by atoms with Gasteiger partial charge in [0, 0.05) is 13.1 Å². The summed E-state index contributed by atoms with van der Waals surface area (Å²) in [6.45, 7) is 4.39. The third kappa shape index (κ3) is 3.23. The van der Waals surface area contributed by atoms with Crippen molar-refractivity contribution in [2.45, 2.75) is 31.0 Å². The summed E-state index contributed by atoms with van der Waals surface area (Å²) in [5.41, 5.74) is 0. The molecule has 2 atom stereocenters. The highest BCUT2D eigenvalue weighted by molar-refractivity contribution is 7.89. The first-order valence-corrected chi connectivity index (χ1v) is 8.11. The van der Waals surface area contributed by atoms with Crippen LogP contribution in [0.2, 0.25) is 10.0 Å². The third-order valence-electron chi connectivity index (χ3n) is 2.91. The molecule has 1 aliphatic rings. The molecular formula is C12H15Cl2NO3S. The average Bonchev–Trinajstić information content (AvgIpc) is 2.31. The van der Waals surface area contributed by atoms with E-state index in [4.69, 9.17) is 27.9 Å². The van der Waals surface area contributed by atoms with E-state index in [1.54, 1.807) is 0 Å². The van der Waals surface area contributed by atoms with E-state index < -0.39 is 10.0 Å². The van der Waals surface area contributed by atoms with Gasteiger partial charge in [-0.2, -0.15) is 4.31 Å². The lowest BCUT2D eigenvalue weighted by atomic mass is 10.3. The number of halogens is 2. The van der Waals surface area contributed by atoms with E-state index in [1.165, 1.54) is 22.5 Å². The van der Waals surface area contributed by atoms with Crippen molar-refractivity contribution in [1.82, 2.24) is 4.31 Å². The second-order valence-electron chi connectivity index (χ2n) is 4.66. The number of sulfonamides is 1. The molecule has 0 saturated carbocycles. The summed E-state index contributed by atoms with van der Waals surface area (Å²) in [6, 6.07) is 4.34. The third-order valence-corrected chi connectivity index (χ3v) is 5.48. The van der Waals surface area contributed by atoms with Gasteiger partial charge < -0.3 is 4.74 Å². The van der Waals surface area contributed by atoms with Crippen LogP contribution in [-0.2, 0) is 14.8 Å². The van der Waals surface area contributed by atoms with Gasteiger partial charge in [-0.25, -0.2) is 8.42 Å². The number of nitrogens with zero attached hydrogens (tertiary/aromatic N) is 1. The van der Waals surface area contributed by atoms with Crippen LogP contribution < -0.4 is 0 Å². The monoisotopic (exact) mass is 323 g/mol. The molecule has 0 bridgehead atoms. The van der Waals surface area contributed by atoms with E-state index in [1.807, 2.05) is 13.8 Å². The fraction of sp³-hybridized carbons (Fsp3) is 0.500. The van der Waals surface area contributed by atoms with Crippen LogP contribution in [0.15, 0.2) is 23.1 Å². The number of ether oxygens (including phenoxy) is 1. The first kappa shape index (κ1) is 15.1. The summed E-state index contributed by atoms with van der Waals surface area (Å²) >= 11 is 11.7. The molecule has 0 unspecified atom stereocenters. The first-order chi connectivity index (χ1) is 8.80. The van der Waals surface area contributed by atoms with Crippen LogP contribution in [0.25, 0.3) is 0 Å². The minimum Gasteiger partial charge on any atom is -0.373 e. The molecule has 106 valence electrons. The summed E-state index contributed by atoms with van der Waals surface area (Å²) < 4.78 is 32.0. The average molecular weight is 324 g/mol. The van der Waals surface area contributed by atoms with Crippen LogP contribution in [0.3, 0.4) is 0 Å². The van der Waals surface area contributed by atoms with Gasteiger partial charge in [0.2, 0.25) is 10.0 Å². The quantitative estimate of drug-likeness (QED) is 0.840. The maximum Gasteiger partial charge on any atom is 0.243 e. The lowest BCUT2D eigenvalue weighted by molar-refractivity contribution is -0.0440. The van der Waals surface area contributed by atoms with Gasteiger partial charge in [0.05, 0.1) is 27.1 Å². The zero-order valence-electron chi connectivity index (χ0n) is 10.6. The number of rotatable bonds is 2. The van der Waals surface area contributed by atoms with Crippen molar-refractivity contribution in [3.8, 4) is 0 Å². The van der Waals surface area contributed by atoms with Gasteiger partial charge in [-0.1, -0.05) is 23.2 Å². The van der Waals surface area contributed by atoms with Crippen LogP contribution in [0.5, 0.6) is 0 Å². The van der Waals surface area contributed by atoms with E-state index in [0.717, 1.165) is 0 Å². The Morgan fingerprint density at radius 1 is 1.16 bits per heavy atom. The van der Waals surface area contributed by atoms with E-state index in [0.29, 0.717) is 18.1 Å². The van der Waals surface area contributed by atoms with Crippen molar-refractivity contribution in [1.29, 1.82) is 0 Å². The second kappa shape index (κ2) is 5.58. The molecule has 0 spiro atoms. The largest absolute Gasteiger partial charge is 0.373 e. The van der Waals surface area contributed by atoms with Crippen LogP contribution in [0.1, 0.15) is 13.8 Å². The van der Waals surface area contributed by atoms with Gasteiger partial charge in [0.1, 0.15) is 0 Å². The molecule has 1 heterocycles. The van der Waals surface area contributed by atoms with Crippen molar-refractivity contribution in [3.63, 3.8) is 0 Å². The second-order valence-corrected chi connectivity index (χ2v) is 7.41. The van der Waals surface area contributed by atoms with E-state index >= 15 is 0 Å². The first-order valence-electron chi connectivity index (χ1n) is 5.91. The molecule has 1 fully saturated rings. The van der Waals surface area contributed by atoms with Crippen molar-refractivity contribution < 1.29 is 13.2 Å². The molecule has 1 saturated heterocycles. The molecule has 0 N–H and O–H groups in total. The molecule has 19 heavy (non-hydrogen) atoms. The minimum atomic E-state index is -3.56. The fourth-order valence-electron chi connectivity index (χ4n) is 2.11. The Morgan fingerprint density at radius 2 is 1.74 bits per heavy atom. The molecule has 1 aliphatic heterocycles. The maximum atomic E-state index is 12.5. The summed E-state index contributed by atoms with van der Waals surface area (Å²) in [7, 11) is -3.56. The van der Waals surface area contributed by atoms with Crippen LogP contribution in [-0.4, -0.2) is 38.0 Å². The Balaban J connectivity index is 2.33. The van der Waals surface area contributed by atoms with Crippen LogP contribution >= 0.6 is 23.2 Å². The molecule has 1 aromatic rings. The zero-order chi connectivity index (χ0) is 14.2. The Morgan fingerprint density at radius 3 is 2.26 bits per heavy atom. The highest BCUT2D eigenvalue weighted by Crippen LogP contribution is 2.27. The fourth-order valence-corrected chi connectivity index (χ4v) is 4.09. The molecule has 0 radical (unpaired) electrons. The van der Waals surface area contributed by atoms with Gasteiger partial charge in [-0.3, -0.25) is 0 Å². The smallest absolute Gasteiger partial charge is 0.243 e. The van der Waals surface area contributed by atoms with Crippen LogP contribution in [0.4, 0.5) is 0 Å². The molecule has 0 aromatic heterocycles. The van der Waals surface area contributed by atoms with Gasteiger partial charge in [-0.15, -0.1) is 0 Å². The molecule has 0 amide bonds. The lowest BCUT2D eigenvalue weighted by Gasteiger charge is -2.34. The summed E-state index contributed by atoms with van der Waals surface area (Å²) in [5.74, 6) is 0. The molecule has 0 aliphatic carbocycles. The highest BCUT2D eigenvalue weighted by Gasteiger charge is 2.32. The van der Waals surface area contributed by atoms with Gasteiger partial charge in [-0.05, 0) is 32.0 Å². The zero-order valence-corrected chi connectivity index (χ0v) is 13.0. The Hall–Kier alpha value is -0.330. The number of benzene rings is 1. The van der Waals surface area contributed by atoms with Crippen molar-refractivity contribution in [2.75, 3.05) is 13.1 Å². The lowest BCUT2D eigenvalue weighted by Crippen LogP contribution is -2.48. The van der Waals surface area contributed by atoms with Crippen molar-refractivity contribution in [3.05, 3.63) is 28.2 Å². The maximum absolute atomic E-state index is 12.5. The minimum absolute atomic E-state index is 0.124. The van der Waals surface area contributed by atoms with E-state index in [2.05, 4.69) is 0 Å².